The standard InChI is InChI=1S/C11H15N3O/c12-8-9-4-3-7-14(9)11(15)10-5-1-2-6-13-10/h3-4,9-10,13H,1-2,5-7H2. The van der Waals surface area contributed by atoms with E-state index >= 15 is 0 Å². The molecule has 15 heavy (non-hydrogen) atoms. The molecule has 2 aliphatic rings. The molecule has 1 fully saturated rings. The van der Waals surface area contributed by atoms with Gasteiger partial charge in [0.15, 0.2) is 0 Å². The van der Waals surface area contributed by atoms with Crippen molar-refractivity contribution in [2.75, 3.05) is 13.1 Å². The number of nitriles is 1. The Labute approximate surface area is 89.6 Å². The monoisotopic (exact) mass is 205 g/mol. The second-order valence-corrected chi connectivity index (χ2v) is 4.00. The molecule has 2 rings (SSSR count). The summed E-state index contributed by atoms with van der Waals surface area (Å²) in [5, 5.41) is 12.1. The van der Waals surface area contributed by atoms with E-state index in [1.54, 1.807) is 11.0 Å². The summed E-state index contributed by atoms with van der Waals surface area (Å²) in [7, 11) is 0. The highest BCUT2D eigenvalue weighted by atomic mass is 16.2. The number of rotatable bonds is 1. The summed E-state index contributed by atoms with van der Waals surface area (Å²) in [5.74, 6) is 0.0752. The fourth-order valence-corrected chi connectivity index (χ4v) is 2.12. The third kappa shape index (κ3) is 2.02. The molecule has 0 spiro atoms. The first-order valence-corrected chi connectivity index (χ1v) is 5.43. The van der Waals surface area contributed by atoms with Gasteiger partial charge in [-0.3, -0.25) is 4.79 Å². The van der Waals surface area contributed by atoms with Crippen LogP contribution in [-0.4, -0.2) is 36.0 Å². The predicted molar refractivity (Wildman–Crippen MR) is 55.9 cm³/mol. The highest BCUT2D eigenvalue weighted by molar-refractivity contribution is 5.83. The van der Waals surface area contributed by atoms with Gasteiger partial charge in [-0.05, 0) is 25.5 Å². The van der Waals surface area contributed by atoms with Crippen molar-refractivity contribution in [3.8, 4) is 6.07 Å². The maximum atomic E-state index is 12.0. The van der Waals surface area contributed by atoms with Crippen molar-refractivity contribution in [1.29, 1.82) is 5.26 Å². The first-order chi connectivity index (χ1) is 7.33. The SMILES string of the molecule is N#CC1C=CCN1C(=O)C1CCCCN1. The fraction of sp³-hybridized carbons (Fsp3) is 0.636. The van der Waals surface area contributed by atoms with Gasteiger partial charge in [-0.1, -0.05) is 12.5 Å². The Morgan fingerprint density at radius 1 is 1.53 bits per heavy atom. The van der Waals surface area contributed by atoms with E-state index in [0.717, 1.165) is 25.8 Å². The molecule has 80 valence electrons. The summed E-state index contributed by atoms with van der Waals surface area (Å²) >= 11 is 0. The van der Waals surface area contributed by atoms with Gasteiger partial charge in [0.25, 0.3) is 0 Å². The number of carbonyl (C=O) groups is 1. The molecule has 4 heteroatoms. The molecule has 0 aromatic carbocycles. The second-order valence-electron chi connectivity index (χ2n) is 4.00. The van der Waals surface area contributed by atoms with Gasteiger partial charge in [-0.25, -0.2) is 0 Å². The normalized spacial score (nSPS) is 30.2. The smallest absolute Gasteiger partial charge is 0.241 e. The molecule has 2 unspecified atom stereocenters. The van der Waals surface area contributed by atoms with Crippen LogP contribution in [0.1, 0.15) is 19.3 Å². The van der Waals surface area contributed by atoms with Crippen LogP contribution in [-0.2, 0) is 4.79 Å². The minimum atomic E-state index is -0.360. The third-order valence-corrected chi connectivity index (χ3v) is 2.98. The van der Waals surface area contributed by atoms with E-state index in [4.69, 9.17) is 5.26 Å². The molecular formula is C11H15N3O. The van der Waals surface area contributed by atoms with Crippen molar-refractivity contribution in [2.45, 2.75) is 31.3 Å². The average molecular weight is 205 g/mol. The number of nitrogens with zero attached hydrogens (tertiary/aromatic N) is 2. The molecule has 1 amide bonds. The van der Waals surface area contributed by atoms with Crippen molar-refractivity contribution in [3.05, 3.63) is 12.2 Å². The van der Waals surface area contributed by atoms with E-state index < -0.39 is 0 Å². The first-order valence-electron chi connectivity index (χ1n) is 5.43. The maximum Gasteiger partial charge on any atom is 0.241 e. The summed E-state index contributed by atoms with van der Waals surface area (Å²) in [4.78, 5) is 13.7. The van der Waals surface area contributed by atoms with Crippen LogP contribution in [0.15, 0.2) is 12.2 Å². The van der Waals surface area contributed by atoms with E-state index in [9.17, 15) is 4.79 Å². The van der Waals surface area contributed by atoms with Gasteiger partial charge in [0.1, 0.15) is 6.04 Å². The van der Waals surface area contributed by atoms with Crippen molar-refractivity contribution < 1.29 is 4.79 Å². The maximum absolute atomic E-state index is 12.0. The highest BCUT2D eigenvalue weighted by Gasteiger charge is 2.30. The summed E-state index contributed by atoms with van der Waals surface area (Å²) in [6, 6.07) is 1.69. The number of piperidine rings is 1. The fourth-order valence-electron chi connectivity index (χ4n) is 2.12. The first kappa shape index (κ1) is 10.2. The van der Waals surface area contributed by atoms with Gasteiger partial charge in [-0.2, -0.15) is 5.26 Å². The number of hydrogen-bond acceptors (Lipinski definition) is 3. The van der Waals surface area contributed by atoms with Gasteiger partial charge in [0.05, 0.1) is 12.1 Å². The lowest BCUT2D eigenvalue weighted by Gasteiger charge is -2.28. The molecule has 2 heterocycles. The van der Waals surface area contributed by atoms with Crippen LogP contribution in [0.25, 0.3) is 0 Å². The molecule has 1 N–H and O–H groups in total. The van der Waals surface area contributed by atoms with Crippen LogP contribution in [0.2, 0.25) is 0 Å². The zero-order valence-corrected chi connectivity index (χ0v) is 8.65. The summed E-state index contributed by atoms with van der Waals surface area (Å²) in [6.07, 6.45) is 6.81. The molecule has 0 bridgehead atoms. The molecule has 0 aromatic rings. The largest absolute Gasteiger partial charge is 0.318 e. The zero-order chi connectivity index (χ0) is 10.7. The Morgan fingerprint density at radius 2 is 2.40 bits per heavy atom. The number of carbonyl (C=O) groups excluding carboxylic acids is 1. The topological polar surface area (TPSA) is 56.1 Å². The van der Waals surface area contributed by atoms with Crippen molar-refractivity contribution in [2.24, 2.45) is 0 Å². The molecule has 0 radical (unpaired) electrons. The van der Waals surface area contributed by atoms with Crippen LogP contribution in [0.4, 0.5) is 0 Å². The lowest BCUT2D eigenvalue weighted by Crippen LogP contribution is -2.50. The van der Waals surface area contributed by atoms with Crippen molar-refractivity contribution >= 4 is 5.91 Å². The van der Waals surface area contributed by atoms with Crippen LogP contribution < -0.4 is 5.32 Å². The molecule has 0 aliphatic carbocycles. The molecule has 1 saturated heterocycles. The summed E-state index contributed by atoms with van der Waals surface area (Å²) in [6.45, 7) is 1.49. The zero-order valence-electron chi connectivity index (χ0n) is 8.65. The number of amides is 1. The van der Waals surface area contributed by atoms with Gasteiger partial charge in [0, 0.05) is 6.54 Å². The van der Waals surface area contributed by atoms with E-state index in [2.05, 4.69) is 11.4 Å². The van der Waals surface area contributed by atoms with E-state index in [0.29, 0.717) is 6.54 Å². The number of nitrogens with one attached hydrogen (secondary N) is 1. The van der Waals surface area contributed by atoms with E-state index in [-0.39, 0.29) is 18.0 Å². The van der Waals surface area contributed by atoms with Crippen LogP contribution >= 0.6 is 0 Å². The van der Waals surface area contributed by atoms with Crippen LogP contribution in [0, 0.1) is 11.3 Å². The van der Waals surface area contributed by atoms with Gasteiger partial charge >= 0.3 is 0 Å². The Kier molecular flexibility index (Phi) is 3.02. The van der Waals surface area contributed by atoms with Gasteiger partial charge in [0.2, 0.25) is 5.91 Å². The van der Waals surface area contributed by atoms with Gasteiger partial charge in [-0.15, -0.1) is 0 Å². The minimum absolute atomic E-state index is 0.0745. The molecule has 2 aliphatic heterocycles. The molecule has 0 saturated carbocycles. The Balaban J connectivity index is 1.98. The minimum Gasteiger partial charge on any atom is -0.318 e. The Morgan fingerprint density at radius 3 is 3.07 bits per heavy atom. The van der Waals surface area contributed by atoms with Crippen molar-refractivity contribution in [1.82, 2.24) is 10.2 Å². The highest BCUT2D eigenvalue weighted by Crippen LogP contribution is 2.15. The van der Waals surface area contributed by atoms with Crippen LogP contribution in [0.3, 0.4) is 0 Å². The lowest BCUT2D eigenvalue weighted by atomic mass is 10.0. The third-order valence-electron chi connectivity index (χ3n) is 2.98. The number of hydrogen-bond donors (Lipinski definition) is 1. The Hall–Kier alpha value is -1.34. The lowest BCUT2D eigenvalue weighted by molar-refractivity contribution is -0.133. The average Bonchev–Trinajstić information content (AvgIpc) is 2.77. The molecule has 4 nitrogen and oxygen atoms in total. The second kappa shape index (κ2) is 4.45. The summed E-state index contributed by atoms with van der Waals surface area (Å²) in [5.41, 5.74) is 0. The Bertz CT molecular complexity index is 312. The quantitative estimate of drug-likeness (QED) is 0.631. The van der Waals surface area contributed by atoms with E-state index in [1.165, 1.54) is 0 Å². The molecule has 2 atom stereocenters. The van der Waals surface area contributed by atoms with Gasteiger partial charge < -0.3 is 10.2 Å². The van der Waals surface area contributed by atoms with Crippen LogP contribution in [0.5, 0.6) is 0 Å². The molecular weight excluding hydrogens is 190 g/mol. The molecule has 0 aromatic heterocycles. The van der Waals surface area contributed by atoms with Crippen molar-refractivity contribution in [3.63, 3.8) is 0 Å². The van der Waals surface area contributed by atoms with E-state index in [1.807, 2.05) is 6.08 Å². The summed E-state index contributed by atoms with van der Waals surface area (Å²) < 4.78 is 0. The predicted octanol–water partition coefficient (Wildman–Crippen LogP) is 0.419.